The number of carbonyl (C=O) groups is 1. The first-order valence-electron chi connectivity index (χ1n) is 12.8. The van der Waals surface area contributed by atoms with Gasteiger partial charge in [0, 0.05) is 68.5 Å². The fourth-order valence-electron chi connectivity index (χ4n) is 4.25. The summed E-state index contributed by atoms with van der Waals surface area (Å²) in [6.07, 6.45) is -0.888. The van der Waals surface area contributed by atoms with Gasteiger partial charge in [-0.15, -0.1) is 10.2 Å². The van der Waals surface area contributed by atoms with Crippen molar-refractivity contribution in [3.63, 3.8) is 0 Å². The molecule has 2 N–H and O–H groups in total. The van der Waals surface area contributed by atoms with Crippen molar-refractivity contribution in [2.24, 2.45) is 4.99 Å². The molecule has 1 aromatic carbocycles. The van der Waals surface area contributed by atoms with Gasteiger partial charge in [0.05, 0.1) is 5.71 Å². The summed E-state index contributed by atoms with van der Waals surface area (Å²) in [5.74, 6) is -0.435. The van der Waals surface area contributed by atoms with Crippen molar-refractivity contribution in [3.8, 4) is 0 Å². The van der Waals surface area contributed by atoms with Crippen LogP contribution < -0.4 is 15.5 Å². The Bertz CT molecular complexity index is 1350. The number of anilines is 3. The number of benzene rings is 1. The van der Waals surface area contributed by atoms with Crippen LogP contribution in [0.25, 0.3) is 0 Å². The lowest BCUT2D eigenvalue weighted by Crippen LogP contribution is -2.48. The SMILES string of the molecule is C/N=C(\C=C(/Nc1ccc(NC(=O)c2cccc(N3CCN(C(C)C)CC3)c2)nn1)C(F)(F)F)c1cccnc1. The van der Waals surface area contributed by atoms with Crippen LogP contribution in [0.2, 0.25) is 0 Å². The molecule has 1 aliphatic rings. The fourth-order valence-corrected chi connectivity index (χ4v) is 4.25. The summed E-state index contributed by atoms with van der Waals surface area (Å²) in [5, 5.41) is 12.6. The fraction of sp³-hybridized carbons (Fsp3) is 0.321. The standard InChI is InChI=1S/C28H31F3N8O/c1-19(2)38-12-14-39(15-13-38)22-8-4-6-20(16-22)27(40)35-26-10-9-25(36-37-26)34-24(28(29,30)31)17-23(32-3)21-7-5-11-33-18-21/h4-11,16-19H,12-15H2,1-3H3,(H,34,36)(H,35,37,40)/b24-17-,32-23+. The Labute approximate surface area is 230 Å². The molecule has 9 nitrogen and oxygen atoms in total. The number of pyridine rings is 1. The Balaban J connectivity index is 1.42. The molecule has 0 atom stereocenters. The van der Waals surface area contributed by atoms with Crippen molar-refractivity contribution in [2.75, 3.05) is 48.8 Å². The smallest absolute Gasteiger partial charge is 0.369 e. The average Bonchev–Trinajstić information content (AvgIpc) is 2.96. The third-order valence-electron chi connectivity index (χ3n) is 6.47. The third kappa shape index (κ3) is 7.41. The summed E-state index contributed by atoms with van der Waals surface area (Å²) in [7, 11) is 1.40. The second-order valence-electron chi connectivity index (χ2n) is 9.46. The molecule has 1 amide bonds. The second kappa shape index (κ2) is 12.7. The van der Waals surface area contributed by atoms with Gasteiger partial charge in [0.2, 0.25) is 0 Å². The highest BCUT2D eigenvalue weighted by atomic mass is 19.4. The lowest BCUT2D eigenvalue weighted by Gasteiger charge is -2.38. The summed E-state index contributed by atoms with van der Waals surface area (Å²) < 4.78 is 41.3. The van der Waals surface area contributed by atoms with Gasteiger partial charge in [0.25, 0.3) is 5.91 Å². The van der Waals surface area contributed by atoms with Gasteiger partial charge in [-0.1, -0.05) is 6.07 Å². The molecule has 0 spiro atoms. The van der Waals surface area contributed by atoms with Gasteiger partial charge in [-0.05, 0) is 62.4 Å². The molecule has 210 valence electrons. The normalized spacial score (nSPS) is 15.3. The molecule has 1 aliphatic heterocycles. The van der Waals surface area contributed by atoms with Crippen molar-refractivity contribution in [2.45, 2.75) is 26.1 Å². The van der Waals surface area contributed by atoms with Gasteiger partial charge in [0.1, 0.15) is 5.70 Å². The van der Waals surface area contributed by atoms with E-state index in [0.29, 0.717) is 17.2 Å². The summed E-state index contributed by atoms with van der Waals surface area (Å²) in [4.78, 5) is 25.4. The van der Waals surface area contributed by atoms with E-state index in [4.69, 9.17) is 0 Å². The van der Waals surface area contributed by atoms with Crippen LogP contribution in [0.1, 0.15) is 29.8 Å². The van der Waals surface area contributed by atoms with Crippen LogP contribution in [0.15, 0.2) is 77.7 Å². The highest BCUT2D eigenvalue weighted by molar-refractivity contribution is 6.09. The number of hydrogen-bond donors (Lipinski definition) is 2. The van der Waals surface area contributed by atoms with Crippen LogP contribution in [0.4, 0.5) is 30.5 Å². The van der Waals surface area contributed by atoms with Crippen LogP contribution in [0.3, 0.4) is 0 Å². The maximum atomic E-state index is 13.8. The number of alkyl halides is 3. The van der Waals surface area contributed by atoms with Gasteiger partial charge in [-0.25, -0.2) is 0 Å². The lowest BCUT2D eigenvalue weighted by atomic mass is 10.1. The molecule has 0 radical (unpaired) electrons. The molecular weight excluding hydrogens is 521 g/mol. The van der Waals surface area contributed by atoms with E-state index < -0.39 is 17.8 Å². The number of allylic oxidation sites excluding steroid dienone is 2. The minimum atomic E-state index is -4.71. The Morgan fingerprint density at radius 2 is 1.65 bits per heavy atom. The highest BCUT2D eigenvalue weighted by Gasteiger charge is 2.35. The molecule has 1 saturated heterocycles. The van der Waals surface area contributed by atoms with Gasteiger partial charge < -0.3 is 15.5 Å². The number of amides is 1. The van der Waals surface area contributed by atoms with Crippen molar-refractivity contribution >= 4 is 28.9 Å². The zero-order valence-corrected chi connectivity index (χ0v) is 22.5. The van der Waals surface area contributed by atoms with Crippen LogP contribution in [-0.4, -0.2) is 77.1 Å². The number of nitrogens with zero attached hydrogens (tertiary/aromatic N) is 6. The van der Waals surface area contributed by atoms with Crippen molar-refractivity contribution in [3.05, 3.63) is 83.8 Å². The van der Waals surface area contributed by atoms with Crippen molar-refractivity contribution in [1.82, 2.24) is 20.1 Å². The van der Waals surface area contributed by atoms with E-state index in [1.54, 1.807) is 18.2 Å². The lowest BCUT2D eigenvalue weighted by molar-refractivity contribution is -0.0901. The molecular formula is C28H31F3N8O. The monoisotopic (exact) mass is 552 g/mol. The zero-order valence-electron chi connectivity index (χ0n) is 22.5. The average molecular weight is 553 g/mol. The quantitative estimate of drug-likeness (QED) is 0.393. The largest absolute Gasteiger partial charge is 0.431 e. The van der Waals surface area contributed by atoms with Crippen molar-refractivity contribution in [1.29, 1.82) is 0 Å². The van der Waals surface area contributed by atoms with E-state index in [1.165, 1.54) is 31.6 Å². The molecule has 2 aromatic heterocycles. The molecule has 0 bridgehead atoms. The van der Waals surface area contributed by atoms with E-state index >= 15 is 0 Å². The topological polar surface area (TPSA) is 98.6 Å². The first kappa shape index (κ1) is 28.7. The second-order valence-corrected chi connectivity index (χ2v) is 9.46. The van der Waals surface area contributed by atoms with Gasteiger partial charge >= 0.3 is 6.18 Å². The van der Waals surface area contributed by atoms with E-state index in [0.717, 1.165) is 37.9 Å². The number of piperazine rings is 1. The number of rotatable bonds is 8. The minimum Gasteiger partial charge on any atom is -0.369 e. The number of nitrogens with one attached hydrogen (secondary N) is 2. The molecule has 3 aromatic rings. The first-order chi connectivity index (χ1) is 19.1. The molecule has 0 aliphatic carbocycles. The van der Waals surface area contributed by atoms with Gasteiger partial charge in [0.15, 0.2) is 11.6 Å². The molecule has 4 rings (SSSR count). The Hall–Kier alpha value is -4.32. The Kier molecular flexibility index (Phi) is 9.10. The number of hydrogen-bond acceptors (Lipinski definition) is 8. The van der Waals surface area contributed by atoms with Crippen LogP contribution >= 0.6 is 0 Å². The summed E-state index contributed by atoms with van der Waals surface area (Å²) in [6, 6.07) is 13.7. The summed E-state index contributed by atoms with van der Waals surface area (Å²) in [6.45, 7) is 7.99. The minimum absolute atomic E-state index is 0.0915. The molecule has 40 heavy (non-hydrogen) atoms. The molecule has 12 heteroatoms. The molecule has 1 fully saturated rings. The van der Waals surface area contributed by atoms with E-state index in [-0.39, 0.29) is 17.3 Å². The van der Waals surface area contributed by atoms with Crippen molar-refractivity contribution < 1.29 is 18.0 Å². The molecule has 0 saturated carbocycles. The van der Waals surface area contributed by atoms with Crippen LogP contribution in [0.5, 0.6) is 0 Å². The molecule has 0 unspecified atom stereocenters. The van der Waals surface area contributed by atoms with E-state index in [2.05, 4.69) is 54.5 Å². The van der Waals surface area contributed by atoms with Crippen LogP contribution in [0, 0.1) is 0 Å². The number of carbonyl (C=O) groups excluding carboxylic acids is 1. The number of aliphatic imine (C=N–C) groups is 1. The summed E-state index contributed by atoms with van der Waals surface area (Å²) in [5.41, 5.74) is 0.841. The Morgan fingerprint density at radius 1 is 0.975 bits per heavy atom. The number of halogens is 3. The first-order valence-corrected chi connectivity index (χ1v) is 12.8. The van der Waals surface area contributed by atoms with Gasteiger partial charge in [-0.2, -0.15) is 13.2 Å². The predicted molar refractivity (Wildman–Crippen MR) is 150 cm³/mol. The van der Waals surface area contributed by atoms with Crippen LogP contribution in [-0.2, 0) is 0 Å². The number of aromatic nitrogens is 3. The maximum Gasteiger partial charge on any atom is 0.431 e. The predicted octanol–water partition coefficient (Wildman–Crippen LogP) is 4.63. The highest BCUT2D eigenvalue weighted by Crippen LogP contribution is 2.27. The molecule has 3 heterocycles. The summed E-state index contributed by atoms with van der Waals surface area (Å²) >= 11 is 0. The van der Waals surface area contributed by atoms with E-state index in [1.807, 2.05) is 18.2 Å². The third-order valence-corrected chi connectivity index (χ3v) is 6.47. The zero-order chi connectivity index (χ0) is 28.7. The van der Waals surface area contributed by atoms with E-state index in [9.17, 15) is 18.0 Å². The van der Waals surface area contributed by atoms with Gasteiger partial charge in [-0.3, -0.25) is 19.7 Å². The maximum absolute atomic E-state index is 13.8. The Morgan fingerprint density at radius 3 is 2.23 bits per heavy atom.